The third-order valence-corrected chi connectivity index (χ3v) is 6.43. The van der Waals surface area contributed by atoms with Gasteiger partial charge >= 0.3 is 0 Å². The highest BCUT2D eigenvalue weighted by atomic mass is 127. The van der Waals surface area contributed by atoms with Crippen LogP contribution in [0.1, 0.15) is 37.2 Å². The number of nitrogens with one attached hydrogen (secondary N) is 1. The van der Waals surface area contributed by atoms with Gasteiger partial charge in [-0.3, -0.25) is 14.7 Å². The van der Waals surface area contributed by atoms with Crippen LogP contribution in [0.25, 0.3) is 0 Å². The summed E-state index contributed by atoms with van der Waals surface area (Å²) in [6.07, 6.45) is 4.14. The summed E-state index contributed by atoms with van der Waals surface area (Å²) >= 11 is 0. The zero-order chi connectivity index (χ0) is 21.1. The molecular formula is C22H32F2IN5O. The minimum Gasteiger partial charge on any atom is -0.353 e. The van der Waals surface area contributed by atoms with Gasteiger partial charge in [0, 0.05) is 63.8 Å². The van der Waals surface area contributed by atoms with Crippen LogP contribution >= 0.6 is 24.0 Å². The average Bonchev–Trinajstić information content (AvgIpc) is 3.52. The van der Waals surface area contributed by atoms with Crippen LogP contribution in [0.2, 0.25) is 0 Å². The van der Waals surface area contributed by atoms with Gasteiger partial charge in [-0.1, -0.05) is 6.07 Å². The van der Waals surface area contributed by atoms with Crippen molar-refractivity contribution in [2.45, 2.75) is 37.6 Å². The lowest BCUT2D eigenvalue weighted by Crippen LogP contribution is -2.54. The van der Waals surface area contributed by atoms with E-state index < -0.39 is 11.6 Å². The van der Waals surface area contributed by atoms with Crippen molar-refractivity contribution >= 4 is 35.8 Å². The summed E-state index contributed by atoms with van der Waals surface area (Å²) in [6.45, 7) is 5.42. The molecule has 4 rings (SSSR count). The minimum absolute atomic E-state index is 0. The number of benzene rings is 1. The molecule has 172 valence electrons. The summed E-state index contributed by atoms with van der Waals surface area (Å²) in [6, 6.07) is 4.02. The molecule has 1 aromatic carbocycles. The second-order valence-corrected chi connectivity index (χ2v) is 8.48. The van der Waals surface area contributed by atoms with E-state index in [0.29, 0.717) is 13.0 Å². The molecule has 0 bridgehead atoms. The smallest absolute Gasteiger partial charge is 0.236 e. The van der Waals surface area contributed by atoms with E-state index in [-0.39, 0.29) is 47.4 Å². The van der Waals surface area contributed by atoms with Gasteiger partial charge in [-0.2, -0.15) is 0 Å². The lowest BCUT2D eigenvalue weighted by Gasteiger charge is -2.37. The fraction of sp³-hybridized carbons (Fsp3) is 0.636. The van der Waals surface area contributed by atoms with E-state index in [0.717, 1.165) is 58.1 Å². The maximum Gasteiger partial charge on any atom is 0.236 e. The largest absolute Gasteiger partial charge is 0.353 e. The molecule has 0 aromatic heterocycles. The predicted molar refractivity (Wildman–Crippen MR) is 128 cm³/mol. The maximum absolute atomic E-state index is 14.0. The Kier molecular flexibility index (Phi) is 8.49. The number of piperidine rings is 1. The first-order valence-electron chi connectivity index (χ1n) is 11.0. The topological polar surface area (TPSA) is 51.2 Å². The highest BCUT2D eigenvalue weighted by Gasteiger charge is 2.43. The molecule has 6 nitrogen and oxygen atoms in total. The lowest BCUT2D eigenvalue weighted by molar-refractivity contribution is -0.133. The minimum atomic E-state index is -0.480. The molecule has 1 saturated carbocycles. The summed E-state index contributed by atoms with van der Waals surface area (Å²) in [5, 5.41) is 3.37. The van der Waals surface area contributed by atoms with E-state index in [2.05, 4.69) is 20.1 Å². The van der Waals surface area contributed by atoms with Gasteiger partial charge in [0.25, 0.3) is 0 Å². The monoisotopic (exact) mass is 547 g/mol. The Bertz CT molecular complexity index is 774. The first kappa shape index (κ1) is 24.2. The molecule has 0 radical (unpaired) electrons. The maximum atomic E-state index is 14.0. The standard InChI is InChI=1S/C22H31F2N5O.HI/c1-25-22(26-19-14-16(19)21-17(23)6-5-7-18(21)24)29-12-10-27(11-13-29)15-20(30)28-8-3-2-4-9-28;/h5-7,16,19H,2-4,8-15H2,1H3,(H,25,26);1H. The van der Waals surface area contributed by atoms with E-state index in [1.54, 1.807) is 7.05 Å². The summed E-state index contributed by atoms with van der Waals surface area (Å²) in [5.41, 5.74) is 0.173. The molecule has 31 heavy (non-hydrogen) atoms. The molecule has 2 aliphatic heterocycles. The van der Waals surface area contributed by atoms with Gasteiger partial charge in [0.2, 0.25) is 5.91 Å². The Balaban J connectivity index is 0.00000272. The Labute approximate surface area is 200 Å². The van der Waals surface area contributed by atoms with Crippen molar-refractivity contribution in [1.29, 1.82) is 0 Å². The molecule has 1 aromatic rings. The van der Waals surface area contributed by atoms with Crippen LogP contribution in [-0.4, -0.2) is 85.5 Å². The van der Waals surface area contributed by atoms with Crippen molar-refractivity contribution in [3.05, 3.63) is 35.4 Å². The molecule has 2 unspecified atom stereocenters. The Morgan fingerprint density at radius 2 is 1.68 bits per heavy atom. The van der Waals surface area contributed by atoms with E-state index in [9.17, 15) is 13.6 Å². The molecule has 0 spiro atoms. The van der Waals surface area contributed by atoms with Crippen molar-refractivity contribution in [3.8, 4) is 0 Å². The number of nitrogens with zero attached hydrogens (tertiary/aromatic N) is 4. The average molecular weight is 547 g/mol. The molecule has 1 amide bonds. The van der Waals surface area contributed by atoms with Gasteiger partial charge in [-0.25, -0.2) is 8.78 Å². The first-order chi connectivity index (χ1) is 14.6. The Hall–Kier alpha value is -1.49. The molecule has 9 heteroatoms. The number of guanidine groups is 1. The lowest BCUT2D eigenvalue weighted by atomic mass is 10.1. The van der Waals surface area contributed by atoms with Gasteiger partial charge in [0.05, 0.1) is 6.54 Å². The van der Waals surface area contributed by atoms with E-state index in [1.165, 1.54) is 24.6 Å². The second-order valence-electron chi connectivity index (χ2n) is 8.48. The summed E-state index contributed by atoms with van der Waals surface area (Å²) in [4.78, 5) is 23.2. The van der Waals surface area contributed by atoms with Crippen LogP contribution in [0.4, 0.5) is 8.78 Å². The molecule has 1 N–H and O–H groups in total. The summed E-state index contributed by atoms with van der Waals surface area (Å²) < 4.78 is 28.1. The van der Waals surface area contributed by atoms with E-state index in [4.69, 9.17) is 0 Å². The molecule has 2 atom stereocenters. The van der Waals surface area contributed by atoms with Crippen molar-refractivity contribution in [1.82, 2.24) is 20.0 Å². The predicted octanol–water partition coefficient (Wildman–Crippen LogP) is 2.64. The van der Waals surface area contributed by atoms with Crippen LogP contribution in [0.5, 0.6) is 0 Å². The van der Waals surface area contributed by atoms with Gasteiger partial charge in [0.15, 0.2) is 5.96 Å². The summed E-state index contributed by atoms with van der Waals surface area (Å²) in [7, 11) is 1.73. The van der Waals surface area contributed by atoms with Gasteiger partial charge in [-0.05, 0) is 37.8 Å². The SMILES string of the molecule is CN=C(NC1CC1c1c(F)cccc1F)N1CCN(CC(=O)N2CCCCC2)CC1.I. The van der Waals surface area contributed by atoms with Crippen molar-refractivity contribution in [3.63, 3.8) is 0 Å². The summed E-state index contributed by atoms with van der Waals surface area (Å²) in [5.74, 6) is -0.122. The number of hydrogen-bond acceptors (Lipinski definition) is 3. The third-order valence-electron chi connectivity index (χ3n) is 6.43. The fourth-order valence-corrected chi connectivity index (χ4v) is 4.55. The number of piperazine rings is 1. The second kappa shape index (κ2) is 10.9. The molecular weight excluding hydrogens is 515 g/mol. The Morgan fingerprint density at radius 3 is 2.29 bits per heavy atom. The molecule has 1 aliphatic carbocycles. The van der Waals surface area contributed by atoms with Crippen LogP contribution in [-0.2, 0) is 4.79 Å². The number of hydrogen-bond donors (Lipinski definition) is 1. The van der Waals surface area contributed by atoms with Crippen LogP contribution < -0.4 is 5.32 Å². The molecule has 2 saturated heterocycles. The normalized spacial score (nSPS) is 24.5. The van der Waals surface area contributed by atoms with Crippen LogP contribution in [0, 0.1) is 11.6 Å². The highest BCUT2D eigenvalue weighted by Crippen LogP contribution is 2.43. The quantitative estimate of drug-likeness (QED) is 0.358. The van der Waals surface area contributed by atoms with Crippen LogP contribution in [0.3, 0.4) is 0 Å². The van der Waals surface area contributed by atoms with Gasteiger partial charge < -0.3 is 15.1 Å². The first-order valence-corrected chi connectivity index (χ1v) is 11.0. The third kappa shape index (κ3) is 5.85. The zero-order valence-electron chi connectivity index (χ0n) is 18.0. The molecule has 3 aliphatic rings. The Morgan fingerprint density at radius 1 is 1.03 bits per heavy atom. The van der Waals surface area contributed by atoms with Crippen LogP contribution in [0.15, 0.2) is 23.2 Å². The number of likely N-dealkylation sites (tertiary alicyclic amines) is 1. The molecule has 3 fully saturated rings. The van der Waals surface area contributed by atoms with Crippen molar-refractivity contribution in [2.75, 3.05) is 52.9 Å². The molecule has 2 heterocycles. The zero-order valence-corrected chi connectivity index (χ0v) is 20.4. The van der Waals surface area contributed by atoms with Crippen molar-refractivity contribution in [2.24, 2.45) is 4.99 Å². The number of carbonyl (C=O) groups is 1. The van der Waals surface area contributed by atoms with E-state index in [1.807, 2.05) is 4.90 Å². The highest BCUT2D eigenvalue weighted by molar-refractivity contribution is 14.0. The van der Waals surface area contributed by atoms with Crippen molar-refractivity contribution < 1.29 is 13.6 Å². The number of rotatable bonds is 4. The van der Waals surface area contributed by atoms with E-state index >= 15 is 0 Å². The fourth-order valence-electron chi connectivity index (χ4n) is 4.55. The number of amides is 1. The van der Waals surface area contributed by atoms with Gasteiger partial charge in [-0.15, -0.1) is 24.0 Å². The van der Waals surface area contributed by atoms with Gasteiger partial charge in [0.1, 0.15) is 11.6 Å². The number of halogens is 3. The number of aliphatic imine (C=N–C) groups is 1. The number of carbonyl (C=O) groups excluding carboxylic acids is 1.